The van der Waals surface area contributed by atoms with Crippen molar-refractivity contribution in [3.8, 4) is 0 Å². The van der Waals surface area contributed by atoms with Crippen molar-refractivity contribution in [1.29, 1.82) is 0 Å². The molecule has 0 aliphatic rings. The number of fused-ring (bicyclic) bond motifs is 1. The van der Waals surface area contributed by atoms with Gasteiger partial charge in [0.1, 0.15) is 0 Å². The smallest absolute Gasteiger partial charge is 0.262 e. The molecule has 1 amide bonds. The standard InChI is InChI=1S/C22H26N4O3S/c1-16(2)29-13-7-12-26-21(28)18-9-3-4-10-19(18)25-22(26)30-15-20(27)24-14-17-8-5-6-11-23-17/h3-6,8-11,16H,7,12-15H2,1-2H3,(H,24,27). The summed E-state index contributed by atoms with van der Waals surface area (Å²) in [5, 5.41) is 3.96. The molecule has 1 aromatic carbocycles. The molecule has 0 atom stereocenters. The maximum Gasteiger partial charge on any atom is 0.262 e. The zero-order valence-electron chi connectivity index (χ0n) is 17.2. The van der Waals surface area contributed by atoms with Crippen LogP contribution in [0.25, 0.3) is 10.9 Å². The molecule has 0 bridgehead atoms. The average Bonchev–Trinajstić information content (AvgIpc) is 2.75. The molecule has 0 spiro atoms. The van der Waals surface area contributed by atoms with Gasteiger partial charge in [0.2, 0.25) is 5.91 Å². The second-order valence-electron chi connectivity index (χ2n) is 7.03. The van der Waals surface area contributed by atoms with E-state index in [0.29, 0.717) is 42.2 Å². The maximum absolute atomic E-state index is 13.0. The third-order valence-electron chi connectivity index (χ3n) is 4.33. The van der Waals surface area contributed by atoms with E-state index in [1.54, 1.807) is 16.8 Å². The predicted molar refractivity (Wildman–Crippen MR) is 119 cm³/mol. The molecular formula is C22H26N4O3S. The van der Waals surface area contributed by atoms with Crippen LogP contribution >= 0.6 is 11.8 Å². The Bertz CT molecular complexity index is 1040. The van der Waals surface area contributed by atoms with E-state index in [2.05, 4.69) is 15.3 Å². The fourth-order valence-electron chi connectivity index (χ4n) is 2.87. The van der Waals surface area contributed by atoms with Gasteiger partial charge in [0.15, 0.2) is 5.16 Å². The van der Waals surface area contributed by atoms with E-state index >= 15 is 0 Å². The number of para-hydroxylation sites is 1. The fourth-order valence-corrected chi connectivity index (χ4v) is 3.72. The van der Waals surface area contributed by atoms with Crippen LogP contribution in [0.1, 0.15) is 26.0 Å². The summed E-state index contributed by atoms with van der Waals surface area (Å²) in [5.41, 5.74) is 1.33. The van der Waals surface area contributed by atoms with Crippen LogP contribution in [-0.4, -0.2) is 38.9 Å². The topological polar surface area (TPSA) is 86.1 Å². The number of hydrogen-bond acceptors (Lipinski definition) is 6. The molecule has 2 aromatic heterocycles. The number of nitrogens with zero attached hydrogens (tertiary/aromatic N) is 3. The first-order valence-electron chi connectivity index (χ1n) is 9.95. The predicted octanol–water partition coefficient (Wildman–Crippen LogP) is 3.02. The van der Waals surface area contributed by atoms with Crippen LogP contribution in [-0.2, 0) is 22.6 Å². The minimum absolute atomic E-state index is 0.0958. The van der Waals surface area contributed by atoms with Crippen molar-refractivity contribution in [2.45, 2.75) is 44.6 Å². The second-order valence-corrected chi connectivity index (χ2v) is 7.97. The summed E-state index contributed by atoms with van der Waals surface area (Å²) in [5.74, 6) is 0.0304. The number of ether oxygens (including phenoxy) is 1. The zero-order valence-corrected chi connectivity index (χ0v) is 18.0. The lowest BCUT2D eigenvalue weighted by Crippen LogP contribution is -2.27. The van der Waals surface area contributed by atoms with Gasteiger partial charge < -0.3 is 10.1 Å². The number of nitrogens with one attached hydrogen (secondary N) is 1. The SMILES string of the molecule is CC(C)OCCCn1c(SCC(=O)NCc2ccccn2)nc2ccccc2c1=O. The summed E-state index contributed by atoms with van der Waals surface area (Å²) in [7, 11) is 0. The van der Waals surface area contributed by atoms with Gasteiger partial charge in [-0.25, -0.2) is 4.98 Å². The summed E-state index contributed by atoms with van der Waals surface area (Å²) in [6, 6.07) is 12.8. The third kappa shape index (κ3) is 6.14. The molecule has 0 radical (unpaired) electrons. The van der Waals surface area contributed by atoms with Crippen LogP contribution in [0.2, 0.25) is 0 Å². The van der Waals surface area contributed by atoms with E-state index in [0.717, 1.165) is 5.69 Å². The molecule has 7 nitrogen and oxygen atoms in total. The quantitative estimate of drug-likeness (QED) is 0.305. The Balaban J connectivity index is 1.70. The first-order chi connectivity index (χ1) is 14.5. The molecule has 0 fully saturated rings. The molecule has 0 unspecified atom stereocenters. The van der Waals surface area contributed by atoms with Crippen molar-refractivity contribution >= 4 is 28.6 Å². The summed E-state index contributed by atoms with van der Waals surface area (Å²) in [4.78, 5) is 34.1. The molecule has 0 saturated heterocycles. The highest BCUT2D eigenvalue weighted by molar-refractivity contribution is 7.99. The average molecular weight is 427 g/mol. The Morgan fingerprint density at radius 1 is 1.20 bits per heavy atom. The molecule has 0 saturated carbocycles. The molecule has 3 rings (SSSR count). The van der Waals surface area contributed by atoms with Crippen LogP contribution in [0.3, 0.4) is 0 Å². The van der Waals surface area contributed by atoms with Crippen molar-refractivity contribution in [1.82, 2.24) is 19.9 Å². The Labute approximate surface area is 179 Å². The van der Waals surface area contributed by atoms with Crippen LogP contribution < -0.4 is 10.9 Å². The molecule has 3 aromatic rings. The van der Waals surface area contributed by atoms with Crippen molar-refractivity contribution in [2.75, 3.05) is 12.4 Å². The minimum atomic E-state index is -0.136. The van der Waals surface area contributed by atoms with Gasteiger partial charge >= 0.3 is 0 Å². The molecule has 1 N–H and O–H groups in total. The lowest BCUT2D eigenvalue weighted by molar-refractivity contribution is -0.118. The van der Waals surface area contributed by atoms with Gasteiger partial charge in [-0.1, -0.05) is 30.0 Å². The number of hydrogen-bond donors (Lipinski definition) is 1. The first-order valence-corrected chi connectivity index (χ1v) is 10.9. The molecule has 2 heterocycles. The number of rotatable bonds is 10. The monoisotopic (exact) mass is 426 g/mol. The molecule has 0 aliphatic carbocycles. The number of amides is 1. The minimum Gasteiger partial charge on any atom is -0.379 e. The van der Waals surface area contributed by atoms with Gasteiger partial charge in [0, 0.05) is 19.3 Å². The van der Waals surface area contributed by atoms with Crippen LogP contribution in [0.5, 0.6) is 0 Å². The Hall–Kier alpha value is -2.71. The summed E-state index contributed by atoms with van der Waals surface area (Å²) < 4.78 is 7.23. The highest BCUT2D eigenvalue weighted by Crippen LogP contribution is 2.18. The van der Waals surface area contributed by atoms with Gasteiger partial charge in [-0.15, -0.1) is 0 Å². The Morgan fingerprint density at radius 2 is 2.00 bits per heavy atom. The molecule has 8 heteroatoms. The summed E-state index contributed by atoms with van der Waals surface area (Å²) in [6.45, 7) is 5.38. The lowest BCUT2D eigenvalue weighted by atomic mass is 10.2. The Morgan fingerprint density at radius 3 is 2.77 bits per heavy atom. The van der Waals surface area contributed by atoms with Crippen molar-refractivity contribution in [3.63, 3.8) is 0 Å². The van der Waals surface area contributed by atoms with Crippen molar-refractivity contribution in [3.05, 3.63) is 64.7 Å². The van der Waals surface area contributed by atoms with E-state index in [9.17, 15) is 9.59 Å². The van der Waals surface area contributed by atoms with Crippen LogP contribution in [0, 0.1) is 0 Å². The van der Waals surface area contributed by atoms with E-state index in [4.69, 9.17) is 4.74 Å². The van der Waals surface area contributed by atoms with Gasteiger partial charge in [0.05, 0.1) is 35.0 Å². The summed E-state index contributed by atoms with van der Waals surface area (Å²) in [6.07, 6.45) is 2.53. The number of carbonyl (C=O) groups excluding carboxylic acids is 1. The molecule has 158 valence electrons. The highest BCUT2D eigenvalue weighted by Gasteiger charge is 2.13. The number of thioether (sulfide) groups is 1. The maximum atomic E-state index is 13.0. The van der Waals surface area contributed by atoms with E-state index in [1.165, 1.54) is 11.8 Å². The van der Waals surface area contributed by atoms with Crippen LogP contribution in [0.15, 0.2) is 58.6 Å². The first kappa shape index (κ1) is 22.0. The molecule has 0 aliphatic heterocycles. The zero-order chi connectivity index (χ0) is 21.3. The molecule has 30 heavy (non-hydrogen) atoms. The van der Waals surface area contributed by atoms with Gasteiger partial charge in [-0.2, -0.15) is 0 Å². The van der Waals surface area contributed by atoms with E-state index in [1.807, 2.05) is 50.2 Å². The highest BCUT2D eigenvalue weighted by atomic mass is 32.2. The number of aromatic nitrogens is 3. The van der Waals surface area contributed by atoms with Crippen LogP contribution in [0.4, 0.5) is 0 Å². The van der Waals surface area contributed by atoms with Gasteiger partial charge in [0.25, 0.3) is 5.56 Å². The van der Waals surface area contributed by atoms with Gasteiger partial charge in [-0.3, -0.25) is 19.1 Å². The fraction of sp³-hybridized carbons (Fsp3) is 0.364. The molecular weight excluding hydrogens is 400 g/mol. The number of carbonyl (C=O) groups is 1. The normalized spacial score (nSPS) is 11.2. The van der Waals surface area contributed by atoms with E-state index < -0.39 is 0 Å². The van der Waals surface area contributed by atoms with Gasteiger partial charge in [-0.05, 0) is 44.5 Å². The van der Waals surface area contributed by atoms with E-state index in [-0.39, 0.29) is 23.3 Å². The Kier molecular flexibility index (Phi) is 7.98. The largest absolute Gasteiger partial charge is 0.379 e. The number of pyridine rings is 1. The third-order valence-corrected chi connectivity index (χ3v) is 5.31. The van der Waals surface area contributed by atoms with Crippen molar-refractivity contribution in [2.24, 2.45) is 0 Å². The summed E-state index contributed by atoms with van der Waals surface area (Å²) >= 11 is 1.26. The second kappa shape index (κ2) is 10.9. The lowest BCUT2D eigenvalue weighted by Gasteiger charge is -2.14. The van der Waals surface area contributed by atoms with Crippen molar-refractivity contribution < 1.29 is 9.53 Å². The number of benzene rings is 1.